The second-order valence-corrected chi connectivity index (χ2v) is 12.3. The zero-order chi connectivity index (χ0) is 28.3. The lowest BCUT2D eigenvalue weighted by Crippen LogP contribution is -2.69. The lowest BCUT2D eigenvalue weighted by Gasteiger charge is -2.60. The maximum absolute atomic E-state index is 14.2. The minimum atomic E-state index is -0.542. The summed E-state index contributed by atoms with van der Waals surface area (Å²) in [5.74, 6) is 0.288. The molecule has 40 heavy (non-hydrogen) atoms. The summed E-state index contributed by atoms with van der Waals surface area (Å²) in [6, 6.07) is 14.9. The number of benzene rings is 2. The van der Waals surface area contributed by atoms with Crippen molar-refractivity contribution in [1.82, 2.24) is 20.9 Å². The van der Waals surface area contributed by atoms with Crippen molar-refractivity contribution >= 4 is 17.8 Å². The summed E-state index contributed by atoms with van der Waals surface area (Å²) in [5, 5.41) is 8.90. The van der Waals surface area contributed by atoms with Gasteiger partial charge in [-0.3, -0.25) is 14.9 Å². The number of fused-ring (bicyclic) bond motifs is 1. The van der Waals surface area contributed by atoms with Crippen LogP contribution in [0.4, 0.5) is 4.79 Å². The highest BCUT2D eigenvalue weighted by Gasteiger charge is 2.56. The Balaban J connectivity index is 1.34. The highest BCUT2D eigenvalue weighted by atomic mass is 16.2. The molecule has 1 saturated carbocycles. The van der Waals surface area contributed by atoms with Crippen molar-refractivity contribution in [2.24, 2.45) is 11.8 Å². The molecule has 2 aromatic rings. The molecule has 7 heteroatoms. The van der Waals surface area contributed by atoms with Gasteiger partial charge in [-0.2, -0.15) is 0 Å². The Morgan fingerprint density at radius 2 is 1.75 bits per heavy atom. The fourth-order valence-corrected chi connectivity index (χ4v) is 7.74. The Kier molecular flexibility index (Phi) is 8.60. The van der Waals surface area contributed by atoms with Gasteiger partial charge in [0.25, 0.3) is 5.91 Å². The number of likely N-dealkylation sites (tertiary alicyclic amines) is 1. The number of nitrogens with one attached hydrogen (secondary N) is 3. The van der Waals surface area contributed by atoms with Crippen LogP contribution in [0.5, 0.6) is 0 Å². The van der Waals surface area contributed by atoms with Gasteiger partial charge in [-0.15, -0.1) is 0 Å². The minimum absolute atomic E-state index is 0.109. The van der Waals surface area contributed by atoms with Crippen LogP contribution in [0, 0.1) is 18.8 Å². The molecule has 2 aromatic carbocycles. The molecule has 0 bridgehead atoms. The van der Waals surface area contributed by atoms with E-state index in [1.807, 2.05) is 56.4 Å². The number of piperidine rings is 2. The smallest absolute Gasteiger partial charge is 0.321 e. The van der Waals surface area contributed by atoms with Gasteiger partial charge in [-0.05, 0) is 80.2 Å². The Morgan fingerprint density at radius 3 is 2.48 bits per heavy atom. The molecule has 3 N–H and O–H groups in total. The molecule has 0 aromatic heterocycles. The van der Waals surface area contributed by atoms with E-state index in [4.69, 9.17) is 0 Å². The fourth-order valence-electron chi connectivity index (χ4n) is 7.74. The molecule has 4 unspecified atom stereocenters. The van der Waals surface area contributed by atoms with Gasteiger partial charge in [-0.1, -0.05) is 62.1 Å². The molecule has 3 fully saturated rings. The van der Waals surface area contributed by atoms with E-state index in [2.05, 4.69) is 27.8 Å². The van der Waals surface area contributed by atoms with E-state index in [9.17, 15) is 14.4 Å². The monoisotopic (exact) mass is 544 g/mol. The van der Waals surface area contributed by atoms with Crippen LogP contribution in [0.1, 0.15) is 91.3 Å². The molecule has 0 radical (unpaired) electrons. The van der Waals surface area contributed by atoms with E-state index in [1.165, 1.54) is 38.5 Å². The molecular weight excluding hydrogens is 500 g/mol. The molecule has 5 rings (SSSR count). The SMILES string of the molecule is Cc1ccc(C(=O)NC(=O)NCc2ccccc2)cc1C1CC2CNC(C)CC2(C2CCCCCC2)N(C)C1=O. The molecule has 2 aliphatic heterocycles. The van der Waals surface area contributed by atoms with Crippen LogP contribution in [0.2, 0.25) is 0 Å². The molecule has 7 nitrogen and oxygen atoms in total. The topological polar surface area (TPSA) is 90.5 Å². The number of rotatable bonds is 5. The Morgan fingerprint density at radius 1 is 1.02 bits per heavy atom. The summed E-state index contributed by atoms with van der Waals surface area (Å²) in [6.07, 6.45) is 9.27. The van der Waals surface area contributed by atoms with Crippen molar-refractivity contribution in [2.45, 2.75) is 89.3 Å². The number of amides is 4. The number of imide groups is 1. The van der Waals surface area contributed by atoms with E-state index in [0.717, 1.165) is 36.1 Å². The maximum Gasteiger partial charge on any atom is 0.321 e. The quantitative estimate of drug-likeness (QED) is 0.447. The van der Waals surface area contributed by atoms with Gasteiger partial charge in [0.15, 0.2) is 0 Å². The van der Waals surface area contributed by atoms with Crippen molar-refractivity contribution in [3.8, 4) is 0 Å². The predicted molar refractivity (Wildman–Crippen MR) is 157 cm³/mol. The molecular formula is C33H44N4O3. The van der Waals surface area contributed by atoms with E-state index in [0.29, 0.717) is 30.0 Å². The third-order valence-corrected chi connectivity index (χ3v) is 9.83. The highest BCUT2D eigenvalue weighted by Crippen LogP contribution is 2.51. The summed E-state index contributed by atoms with van der Waals surface area (Å²) >= 11 is 0. The molecule has 0 spiro atoms. The number of likely N-dealkylation sites (N-methyl/N-ethyl adjacent to an activating group) is 1. The average molecular weight is 545 g/mol. The van der Waals surface area contributed by atoms with Crippen LogP contribution < -0.4 is 16.0 Å². The first-order valence-corrected chi connectivity index (χ1v) is 15.0. The highest BCUT2D eigenvalue weighted by molar-refractivity contribution is 6.04. The van der Waals surface area contributed by atoms with Crippen LogP contribution in [0.25, 0.3) is 0 Å². The summed E-state index contributed by atoms with van der Waals surface area (Å²) in [4.78, 5) is 41.8. The van der Waals surface area contributed by atoms with Crippen molar-refractivity contribution in [1.29, 1.82) is 0 Å². The summed E-state index contributed by atoms with van der Waals surface area (Å²) in [6.45, 7) is 5.50. The van der Waals surface area contributed by atoms with E-state index in [1.54, 1.807) is 6.07 Å². The van der Waals surface area contributed by atoms with E-state index >= 15 is 0 Å². The number of hydrogen-bond donors (Lipinski definition) is 3. The predicted octanol–water partition coefficient (Wildman–Crippen LogP) is 5.29. The lowest BCUT2D eigenvalue weighted by molar-refractivity contribution is -0.156. The molecule has 4 amide bonds. The molecule has 1 aliphatic carbocycles. The van der Waals surface area contributed by atoms with Crippen LogP contribution in [0.15, 0.2) is 48.5 Å². The number of urea groups is 1. The third kappa shape index (κ3) is 5.67. The van der Waals surface area contributed by atoms with Gasteiger partial charge in [0, 0.05) is 31.7 Å². The molecule has 214 valence electrons. The van der Waals surface area contributed by atoms with Crippen molar-refractivity contribution in [2.75, 3.05) is 13.6 Å². The second-order valence-electron chi connectivity index (χ2n) is 12.3. The van der Waals surface area contributed by atoms with E-state index in [-0.39, 0.29) is 17.4 Å². The largest absolute Gasteiger partial charge is 0.339 e. The van der Waals surface area contributed by atoms with Crippen LogP contribution in [-0.4, -0.2) is 47.9 Å². The second kappa shape index (κ2) is 12.1. The lowest BCUT2D eigenvalue weighted by atomic mass is 9.59. The van der Waals surface area contributed by atoms with Crippen molar-refractivity contribution < 1.29 is 14.4 Å². The Labute approximate surface area is 238 Å². The zero-order valence-electron chi connectivity index (χ0n) is 24.2. The summed E-state index contributed by atoms with van der Waals surface area (Å²) < 4.78 is 0. The first-order valence-electron chi connectivity index (χ1n) is 15.0. The van der Waals surface area contributed by atoms with Crippen LogP contribution >= 0.6 is 0 Å². The first kappa shape index (κ1) is 28.3. The molecule has 3 aliphatic rings. The van der Waals surface area contributed by atoms with Gasteiger partial charge >= 0.3 is 6.03 Å². The molecule has 2 heterocycles. The van der Waals surface area contributed by atoms with Crippen LogP contribution in [0.3, 0.4) is 0 Å². The first-order chi connectivity index (χ1) is 19.3. The van der Waals surface area contributed by atoms with Crippen LogP contribution in [-0.2, 0) is 11.3 Å². The summed E-state index contributed by atoms with van der Waals surface area (Å²) in [7, 11) is 2.04. The number of hydrogen-bond acceptors (Lipinski definition) is 4. The van der Waals surface area contributed by atoms with Crippen molar-refractivity contribution in [3.63, 3.8) is 0 Å². The zero-order valence-corrected chi connectivity index (χ0v) is 24.2. The van der Waals surface area contributed by atoms with Gasteiger partial charge in [0.2, 0.25) is 5.91 Å². The van der Waals surface area contributed by atoms with Gasteiger partial charge in [-0.25, -0.2) is 4.79 Å². The van der Waals surface area contributed by atoms with Gasteiger partial charge in [0.1, 0.15) is 0 Å². The Hall–Kier alpha value is -3.19. The minimum Gasteiger partial charge on any atom is -0.339 e. The number of carbonyl (C=O) groups excluding carboxylic acids is 3. The third-order valence-electron chi connectivity index (χ3n) is 9.83. The fraction of sp³-hybridized carbons (Fsp3) is 0.545. The number of nitrogens with zero attached hydrogens (tertiary/aromatic N) is 1. The number of carbonyl (C=O) groups is 3. The van der Waals surface area contributed by atoms with Crippen molar-refractivity contribution in [3.05, 3.63) is 70.8 Å². The average Bonchev–Trinajstić information content (AvgIpc) is 3.25. The van der Waals surface area contributed by atoms with Gasteiger partial charge < -0.3 is 15.5 Å². The maximum atomic E-state index is 14.2. The normalized spacial score (nSPS) is 27.4. The van der Waals surface area contributed by atoms with Gasteiger partial charge in [0.05, 0.1) is 11.5 Å². The standard InChI is InChI=1S/C33H44N4O3/c1-22-15-16-25(30(38)36-32(40)35-20-24-11-7-6-8-12-24)17-28(22)29-18-27-21-34-23(2)19-33(27,37(3)31(29)39)26-13-9-4-5-10-14-26/h6-8,11-12,15-17,23,26-27,29,34H,4-5,9-10,13-14,18-21H2,1-3H3,(H2,35,36,38,40). The number of aryl methyl sites for hydroxylation is 1. The molecule has 2 saturated heterocycles. The Bertz CT molecular complexity index is 1220. The summed E-state index contributed by atoms with van der Waals surface area (Å²) in [5.41, 5.74) is 3.12. The van der Waals surface area contributed by atoms with E-state index < -0.39 is 11.9 Å². The molecule has 4 atom stereocenters.